The number of ether oxygens (including phenoxy) is 1. The predicted octanol–water partition coefficient (Wildman–Crippen LogP) is 2.20. The number of hydrogen-bond acceptors (Lipinski definition) is 3. The molecule has 1 unspecified atom stereocenters. The van der Waals surface area contributed by atoms with Crippen LogP contribution in [0, 0.1) is 0 Å². The molecule has 2 N–H and O–H groups in total. The topological polar surface area (TPSA) is 50.4 Å². The maximum absolute atomic E-state index is 11.5. The highest BCUT2D eigenvalue weighted by molar-refractivity contribution is 5.78. The van der Waals surface area contributed by atoms with Crippen LogP contribution in [-0.2, 0) is 16.0 Å². The van der Waals surface area contributed by atoms with Gasteiger partial charge in [-0.25, -0.2) is 0 Å². The van der Waals surface area contributed by atoms with Crippen LogP contribution in [0.2, 0.25) is 0 Å². The summed E-state index contributed by atoms with van der Waals surface area (Å²) < 4.78 is 5.36. The lowest BCUT2D eigenvalue weighted by Crippen LogP contribution is -2.24. The van der Waals surface area contributed by atoms with Crippen LogP contribution in [0.25, 0.3) is 0 Å². The lowest BCUT2D eigenvalue weighted by atomic mass is 10.1. The van der Waals surface area contributed by atoms with Gasteiger partial charge < -0.3 is 15.4 Å². The minimum Gasteiger partial charge on any atom is -0.380 e. The van der Waals surface area contributed by atoms with Gasteiger partial charge in [-0.15, -0.1) is 0 Å². The number of anilines is 1. The molecule has 0 fully saturated rings. The number of benzene rings is 1. The summed E-state index contributed by atoms with van der Waals surface area (Å²) in [6.45, 7) is 8.09. The van der Waals surface area contributed by atoms with Gasteiger partial charge in [-0.3, -0.25) is 4.79 Å². The van der Waals surface area contributed by atoms with Crippen LogP contribution in [0.4, 0.5) is 5.69 Å². The van der Waals surface area contributed by atoms with Crippen LogP contribution in [-0.4, -0.2) is 31.7 Å². The van der Waals surface area contributed by atoms with Gasteiger partial charge in [-0.2, -0.15) is 0 Å². The third-order valence-electron chi connectivity index (χ3n) is 2.68. The van der Waals surface area contributed by atoms with E-state index in [4.69, 9.17) is 4.74 Å². The third-order valence-corrected chi connectivity index (χ3v) is 2.68. The minimum absolute atomic E-state index is 0.0629. The van der Waals surface area contributed by atoms with E-state index in [-0.39, 0.29) is 11.9 Å². The summed E-state index contributed by atoms with van der Waals surface area (Å²) >= 11 is 0. The summed E-state index contributed by atoms with van der Waals surface area (Å²) in [7, 11) is 0. The molecule has 19 heavy (non-hydrogen) atoms. The summed E-state index contributed by atoms with van der Waals surface area (Å²) in [6, 6.07) is 8.22. The van der Waals surface area contributed by atoms with Crippen LogP contribution in [0.15, 0.2) is 24.3 Å². The summed E-state index contributed by atoms with van der Waals surface area (Å²) in [4.78, 5) is 11.5. The Morgan fingerprint density at radius 1 is 1.26 bits per heavy atom. The van der Waals surface area contributed by atoms with E-state index in [0.717, 1.165) is 17.9 Å². The molecule has 0 aromatic heterocycles. The van der Waals surface area contributed by atoms with E-state index < -0.39 is 0 Å². The standard InChI is InChI=1S/C15H24N2O2/c1-4-16-15(18)10-13-6-8-14(9-7-13)17-12(3)11-19-5-2/h6-9,12,17H,4-5,10-11H2,1-3H3,(H,16,18). The Morgan fingerprint density at radius 3 is 2.53 bits per heavy atom. The molecule has 0 radical (unpaired) electrons. The normalized spacial score (nSPS) is 11.9. The number of rotatable bonds is 8. The lowest BCUT2D eigenvalue weighted by Gasteiger charge is -2.15. The molecule has 0 spiro atoms. The van der Waals surface area contributed by atoms with Crippen molar-refractivity contribution in [2.45, 2.75) is 33.2 Å². The van der Waals surface area contributed by atoms with Crippen LogP contribution in [0.1, 0.15) is 26.3 Å². The van der Waals surface area contributed by atoms with Crippen molar-refractivity contribution >= 4 is 11.6 Å². The number of carbonyl (C=O) groups excluding carboxylic acids is 1. The van der Waals surface area contributed by atoms with Gasteiger partial charge in [0, 0.05) is 24.9 Å². The highest BCUT2D eigenvalue weighted by Crippen LogP contribution is 2.11. The molecule has 0 aliphatic rings. The van der Waals surface area contributed by atoms with Crippen molar-refractivity contribution in [3.8, 4) is 0 Å². The average Bonchev–Trinajstić information content (AvgIpc) is 2.39. The van der Waals surface area contributed by atoms with E-state index in [1.807, 2.05) is 38.1 Å². The SMILES string of the molecule is CCNC(=O)Cc1ccc(NC(C)COCC)cc1. The van der Waals surface area contributed by atoms with E-state index in [2.05, 4.69) is 17.6 Å². The van der Waals surface area contributed by atoms with Crippen LogP contribution < -0.4 is 10.6 Å². The van der Waals surface area contributed by atoms with Crippen molar-refractivity contribution < 1.29 is 9.53 Å². The molecule has 0 saturated carbocycles. The molecular formula is C15H24N2O2. The summed E-state index contributed by atoms with van der Waals surface area (Å²) in [5.74, 6) is 0.0629. The Kier molecular flexibility index (Phi) is 6.97. The zero-order valence-electron chi connectivity index (χ0n) is 12.0. The second-order valence-corrected chi connectivity index (χ2v) is 4.53. The first-order chi connectivity index (χ1) is 9.15. The summed E-state index contributed by atoms with van der Waals surface area (Å²) in [6.07, 6.45) is 0.433. The predicted molar refractivity (Wildman–Crippen MR) is 78.4 cm³/mol. The van der Waals surface area contributed by atoms with Crippen LogP contribution in [0.5, 0.6) is 0 Å². The van der Waals surface area contributed by atoms with Crippen molar-refractivity contribution in [1.82, 2.24) is 5.32 Å². The molecular weight excluding hydrogens is 240 g/mol. The van der Waals surface area contributed by atoms with E-state index in [1.54, 1.807) is 0 Å². The Balaban J connectivity index is 2.45. The smallest absolute Gasteiger partial charge is 0.224 e. The first kappa shape index (κ1) is 15.5. The van der Waals surface area contributed by atoms with Gasteiger partial charge in [-0.1, -0.05) is 12.1 Å². The molecule has 4 heteroatoms. The second kappa shape index (κ2) is 8.53. The maximum atomic E-state index is 11.5. The fourth-order valence-corrected chi connectivity index (χ4v) is 1.78. The van der Waals surface area contributed by atoms with Crippen molar-refractivity contribution in [2.24, 2.45) is 0 Å². The quantitative estimate of drug-likeness (QED) is 0.757. The molecule has 106 valence electrons. The van der Waals surface area contributed by atoms with Gasteiger partial charge in [0.1, 0.15) is 0 Å². The monoisotopic (exact) mass is 264 g/mol. The van der Waals surface area contributed by atoms with E-state index in [0.29, 0.717) is 19.6 Å². The molecule has 1 aromatic carbocycles. The summed E-state index contributed by atoms with van der Waals surface area (Å²) in [5, 5.41) is 6.15. The molecule has 1 amide bonds. The van der Waals surface area contributed by atoms with Gasteiger partial charge in [0.25, 0.3) is 0 Å². The third kappa shape index (κ3) is 6.25. The summed E-state index contributed by atoms with van der Waals surface area (Å²) in [5.41, 5.74) is 2.07. The van der Waals surface area contributed by atoms with Gasteiger partial charge in [-0.05, 0) is 38.5 Å². The van der Waals surface area contributed by atoms with E-state index in [1.165, 1.54) is 0 Å². The number of amides is 1. The fraction of sp³-hybridized carbons (Fsp3) is 0.533. The molecule has 1 atom stereocenters. The largest absolute Gasteiger partial charge is 0.380 e. The minimum atomic E-state index is 0.0629. The molecule has 1 aromatic rings. The van der Waals surface area contributed by atoms with Gasteiger partial charge in [0.05, 0.1) is 13.0 Å². The molecule has 0 saturated heterocycles. The van der Waals surface area contributed by atoms with E-state index >= 15 is 0 Å². The maximum Gasteiger partial charge on any atom is 0.224 e. The molecule has 0 aliphatic carbocycles. The Hall–Kier alpha value is -1.55. The zero-order chi connectivity index (χ0) is 14.1. The Labute approximate surface area is 115 Å². The molecule has 0 heterocycles. The average molecular weight is 264 g/mol. The molecule has 1 rings (SSSR count). The Morgan fingerprint density at radius 2 is 1.95 bits per heavy atom. The first-order valence-corrected chi connectivity index (χ1v) is 6.85. The van der Waals surface area contributed by atoms with Crippen molar-refractivity contribution in [2.75, 3.05) is 25.1 Å². The van der Waals surface area contributed by atoms with Gasteiger partial charge >= 0.3 is 0 Å². The number of carbonyl (C=O) groups is 1. The highest BCUT2D eigenvalue weighted by atomic mass is 16.5. The van der Waals surface area contributed by atoms with Gasteiger partial charge in [0.15, 0.2) is 0 Å². The van der Waals surface area contributed by atoms with Crippen molar-refractivity contribution in [3.63, 3.8) is 0 Å². The lowest BCUT2D eigenvalue weighted by molar-refractivity contribution is -0.120. The fourth-order valence-electron chi connectivity index (χ4n) is 1.78. The molecule has 0 aliphatic heterocycles. The second-order valence-electron chi connectivity index (χ2n) is 4.53. The number of likely N-dealkylation sites (N-methyl/N-ethyl adjacent to an activating group) is 1. The first-order valence-electron chi connectivity index (χ1n) is 6.85. The Bertz CT molecular complexity index is 376. The molecule has 0 bridgehead atoms. The van der Waals surface area contributed by atoms with Crippen LogP contribution >= 0.6 is 0 Å². The zero-order valence-corrected chi connectivity index (χ0v) is 12.0. The number of hydrogen-bond donors (Lipinski definition) is 2. The highest BCUT2D eigenvalue weighted by Gasteiger charge is 2.04. The van der Waals surface area contributed by atoms with E-state index in [9.17, 15) is 4.79 Å². The van der Waals surface area contributed by atoms with Gasteiger partial charge in [0.2, 0.25) is 5.91 Å². The van der Waals surface area contributed by atoms with Crippen molar-refractivity contribution in [3.05, 3.63) is 29.8 Å². The number of nitrogens with one attached hydrogen (secondary N) is 2. The molecule has 4 nitrogen and oxygen atoms in total. The van der Waals surface area contributed by atoms with Crippen LogP contribution in [0.3, 0.4) is 0 Å². The van der Waals surface area contributed by atoms with Crippen molar-refractivity contribution in [1.29, 1.82) is 0 Å².